The van der Waals surface area contributed by atoms with Gasteiger partial charge in [0.2, 0.25) is 0 Å². The molecule has 5 rings (SSSR count). The predicted molar refractivity (Wildman–Crippen MR) is 101 cm³/mol. The van der Waals surface area contributed by atoms with Crippen LogP contribution in [0.3, 0.4) is 0 Å². The molecule has 130 valence electrons. The molecule has 1 unspecified atom stereocenters. The summed E-state index contributed by atoms with van der Waals surface area (Å²) in [5.74, 6) is 2.65. The first kappa shape index (κ1) is 16.3. The van der Waals surface area contributed by atoms with Gasteiger partial charge in [-0.15, -0.1) is 11.3 Å². The lowest BCUT2D eigenvalue weighted by molar-refractivity contribution is -0.0672. The van der Waals surface area contributed by atoms with E-state index in [2.05, 4.69) is 23.1 Å². The Morgan fingerprint density at radius 2 is 1.83 bits per heavy atom. The summed E-state index contributed by atoms with van der Waals surface area (Å²) in [7, 11) is 0. The second kappa shape index (κ2) is 6.30. The number of thiophene rings is 1. The van der Waals surface area contributed by atoms with Gasteiger partial charge in [-0.1, -0.05) is 6.07 Å². The number of hydrogen-bond acceptors (Lipinski definition) is 3. The number of amides is 1. The van der Waals surface area contributed by atoms with E-state index >= 15 is 0 Å². The van der Waals surface area contributed by atoms with Crippen molar-refractivity contribution in [3.63, 3.8) is 0 Å². The Balaban J connectivity index is 1.32. The van der Waals surface area contributed by atoms with Gasteiger partial charge in [-0.2, -0.15) is 0 Å². The van der Waals surface area contributed by atoms with Gasteiger partial charge in [0.25, 0.3) is 5.91 Å². The van der Waals surface area contributed by atoms with Gasteiger partial charge in [0.1, 0.15) is 0 Å². The minimum Gasteiger partial charge on any atom is -0.358 e. The Morgan fingerprint density at radius 3 is 2.38 bits per heavy atom. The summed E-state index contributed by atoms with van der Waals surface area (Å²) in [4.78, 5) is 12.6. The van der Waals surface area contributed by atoms with Crippen LogP contribution in [0.2, 0.25) is 0 Å². The highest BCUT2D eigenvalue weighted by Crippen LogP contribution is 2.61. The number of carbonyl (C=O) groups is 1. The highest BCUT2D eigenvalue weighted by atomic mass is 32.1. The molecule has 6 heteroatoms. The first-order valence-electron chi connectivity index (χ1n) is 8.94. The molecule has 1 aromatic heterocycles. The third-order valence-electron chi connectivity index (χ3n) is 6.39. The predicted octanol–water partition coefficient (Wildman–Crippen LogP) is 3.46. The van der Waals surface area contributed by atoms with Gasteiger partial charge in [-0.05, 0) is 92.3 Å². The average Bonchev–Trinajstić information content (AvgIpc) is 3.05. The monoisotopic (exact) mass is 363 g/mol. The molecule has 1 amide bonds. The molecule has 4 bridgehead atoms. The number of thiocarbonyl (C=S) groups is 1. The molecule has 1 atom stereocenters. The van der Waals surface area contributed by atoms with Crippen LogP contribution in [-0.2, 0) is 0 Å². The molecule has 3 N–H and O–H groups in total. The first-order chi connectivity index (χ1) is 11.5. The summed E-state index contributed by atoms with van der Waals surface area (Å²) in [5.41, 5.74) is 5.94. The molecule has 1 heterocycles. The van der Waals surface area contributed by atoms with Crippen LogP contribution in [0.5, 0.6) is 0 Å². The van der Waals surface area contributed by atoms with Gasteiger partial charge in [-0.25, -0.2) is 0 Å². The summed E-state index contributed by atoms with van der Waals surface area (Å²) in [5, 5.41) is 5.85. The van der Waals surface area contributed by atoms with Crippen LogP contribution in [0, 0.1) is 23.2 Å². The summed E-state index contributed by atoms with van der Waals surface area (Å²) in [6, 6.07) is 4.02. The van der Waals surface area contributed by atoms with Crippen LogP contribution in [0.1, 0.15) is 55.1 Å². The van der Waals surface area contributed by atoms with Crippen LogP contribution in [0.4, 0.5) is 0 Å². The van der Waals surface area contributed by atoms with E-state index in [0.717, 1.165) is 17.8 Å². The lowest BCUT2D eigenvalue weighted by atomic mass is 9.48. The molecule has 1 aromatic rings. The zero-order valence-electron chi connectivity index (χ0n) is 14.0. The van der Waals surface area contributed by atoms with Crippen molar-refractivity contribution in [3.05, 3.63) is 22.4 Å². The fraction of sp³-hybridized carbons (Fsp3) is 0.667. The Bertz CT molecular complexity index is 593. The summed E-state index contributed by atoms with van der Waals surface area (Å²) in [6.45, 7) is 2.27. The molecule has 0 aromatic carbocycles. The zero-order valence-corrected chi connectivity index (χ0v) is 15.6. The van der Waals surface area contributed by atoms with Gasteiger partial charge in [0.15, 0.2) is 5.11 Å². The molecule has 4 nitrogen and oxygen atoms in total. The molecule has 4 aliphatic rings. The lowest BCUT2D eigenvalue weighted by Gasteiger charge is -2.59. The number of hydrazine groups is 1. The van der Waals surface area contributed by atoms with Gasteiger partial charge in [0, 0.05) is 6.04 Å². The number of rotatable bonds is 3. The summed E-state index contributed by atoms with van der Waals surface area (Å²) >= 11 is 6.82. The van der Waals surface area contributed by atoms with Crippen molar-refractivity contribution in [3.8, 4) is 0 Å². The zero-order chi connectivity index (χ0) is 16.7. The quantitative estimate of drug-likeness (QED) is 0.569. The van der Waals surface area contributed by atoms with Gasteiger partial charge in [0.05, 0.1) is 4.88 Å². The van der Waals surface area contributed by atoms with Crippen molar-refractivity contribution in [2.75, 3.05) is 0 Å². The molecule has 4 saturated carbocycles. The van der Waals surface area contributed by atoms with E-state index < -0.39 is 0 Å². The van der Waals surface area contributed by atoms with Crippen LogP contribution in [0.25, 0.3) is 0 Å². The SMILES string of the molecule is CC(NC(=S)NNC(=O)c1cccs1)C12CC3CC(CC(C3)C1)C2. The highest BCUT2D eigenvalue weighted by molar-refractivity contribution is 7.80. The lowest BCUT2D eigenvalue weighted by Crippen LogP contribution is -2.58. The Morgan fingerprint density at radius 1 is 1.21 bits per heavy atom. The molecular formula is C18H25N3OS2. The van der Waals surface area contributed by atoms with Crippen molar-refractivity contribution in [1.82, 2.24) is 16.2 Å². The minimum atomic E-state index is -0.142. The molecule has 4 aliphatic carbocycles. The molecule has 0 saturated heterocycles. The maximum absolute atomic E-state index is 12.0. The van der Waals surface area contributed by atoms with E-state index in [0.29, 0.717) is 21.4 Å². The van der Waals surface area contributed by atoms with E-state index in [-0.39, 0.29) is 5.91 Å². The van der Waals surface area contributed by atoms with E-state index in [1.165, 1.54) is 49.9 Å². The summed E-state index contributed by atoms with van der Waals surface area (Å²) in [6.07, 6.45) is 8.38. The number of carbonyl (C=O) groups excluding carboxylic acids is 1. The standard InChI is InChI=1S/C18H25N3OS2/c1-11(18-8-12-5-13(9-18)7-14(6-12)10-18)19-17(23)21-20-16(22)15-3-2-4-24-15/h2-4,11-14H,5-10H2,1H3,(H,20,22)(H2,19,21,23). The fourth-order valence-electron chi connectivity index (χ4n) is 5.68. The topological polar surface area (TPSA) is 53.2 Å². The van der Waals surface area contributed by atoms with Gasteiger partial charge < -0.3 is 5.32 Å². The van der Waals surface area contributed by atoms with Gasteiger partial charge in [-0.3, -0.25) is 15.6 Å². The Kier molecular flexibility index (Phi) is 4.29. The smallest absolute Gasteiger partial charge is 0.279 e. The Hall–Kier alpha value is -1.14. The Labute approximate surface area is 152 Å². The van der Waals surface area contributed by atoms with Crippen LogP contribution < -0.4 is 16.2 Å². The molecule has 4 fully saturated rings. The van der Waals surface area contributed by atoms with Crippen molar-refractivity contribution in [1.29, 1.82) is 0 Å². The van der Waals surface area contributed by atoms with Crippen molar-refractivity contribution < 1.29 is 4.79 Å². The van der Waals surface area contributed by atoms with Crippen molar-refractivity contribution in [2.45, 2.75) is 51.5 Å². The summed E-state index contributed by atoms with van der Waals surface area (Å²) < 4.78 is 0. The first-order valence-corrected chi connectivity index (χ1v) is 10.2. The van der Waals surface area contributed by atoms with Gasteiger partial charge >= 0.3 is 0 Å². The van der Waals surface area contributed by atoms with E-state index in [1.54, 1.807) is 6.07 Å². The normalized spacial score (nSPS) is 34.6. The fourth-order valence-corrected chi connectivity index (χ4v) is 6.52. The largest absolute Gasteiger partial charge is 0.358 e. The third kappa shape index (κ3) is 3.06. The van der Waals surface area contributed by atoms with E-state index in [4.69, 9.17) is 12.2 Å². The van der Waals surface area contributed by atoms with Crippen LogP contribution >= 0.6 is 23.6 Å². The highest BCUT2D eigenvalue weighted by Gasteiger charge is 2.53. The van der Waals surface area contributed by atoms with Crippen LogP contribution in [-0.4, -0.2) is 17.1 Å². The van der Waals surface area contributed by atoms with E-state index in [1.807, 2.05) is 11.4 Å². The molecule has 24 heavy (non-hydrogen) atoms. The molecule has 0 aliphatic heterocycles. The maximum Gasteiger partial charge on any atom is 0.279 e. The van der Waals surface area contributed by atoms with E-state index in [9.17, 15) is 4.79 Å². The minimum absolute atomic E-state index is 0.142. The molecule has 0 spiro atoms. The van der Waals surface area contributed by atoms with Crippen molar-refractivity contribution in [2.24, 2.45) is 23.2 Å². The maximum atomic E-state index is 12.0. The van der Waals surface area contributed by atoms with Crippen molar-refractivity contribution >= 4 is 34.6 Å². The average molecular weight is 364 g/mol. The molecule has 0 radical (unpaired) electrons. The number of nitrogens with one attached hydrogen (secondary N) is 3. The third-order valence-corrected chi connectivity index (χ3v) is 7.47. The molecular weight excluding hydrogens is 338 g/mol. The number of hydrogen-bond donors (Lipinski definition) is 3. The second-order valence-corrected chi connectivity index (χ2v) is 9.39. The second-order valence-electron chi connectivity index (χ2n) is 8.03. The van der Waals surface area contributed by atoms with Crippen LogP contribution in [0.15, 0.2) is 17.5 Å².